The first-order chi connectivity index (χ1) is 9.51. The van der Waals surface area contributed by atoms with Gasteiger partial charge in [0.1, 0.15) is 4.90 Å². The molecule has 0 radical (unpaired) electrons. The minimum atomic E-state index is -3.45. The van der Waals surface area contributed by atoms with Gasteiger partial charge in [-0.25, -0.2) is 13.1 Å². The molecule has 0 aliphatic carbocycles. The van der Waals surface area contributed by atoms with Gasteiger partial charge >= 0.3 is 0 Å². The Bertz CT molecular complexity index is 503. The van der Waals surface area contributed by atoms with E-state index in [1.807, 2.05) is 19.9 Å². The fourth-order valence-corrected chi connectivity index (χ4v) is 3.07. The molecule has 6 heteroatoms. The molecule has 0 saturated heterocycles. The summed E-state index contributed by atoms with van der Waals surface area (Å²) in [4.78, 5) is 0.290. The number of nitrogens with one attached hydrogen (secondary N) is 2. The average molecular weight is 299 g/mol. The minimum Gasteiger partial charge on any atom is -0.384 e. The Morgan fingerprint density at radius 1 is 1.20 bits per heavy atom. The van der Waals surface area contributed by atoms with Gasteiger partial charge in [-0.1, -0.05) is 26.0 Å². The number of para-hydroxylation sites is 1. The zero-order chi connectivity index (χ0) is 15.0. The van der Waals surface area contributed by atoms with Crippen LogP contribution in [0, 0.1) is 0 Å². The molecule has 0 heterocycles. The van der Waals surface area contributed by atoms with Crippen LogP contribution >= 0.6 is 0 Å². The van der Waals surface area contributed by atoms with E-state index in [1.165, 1.54) is 0 Å². The molecule has 1 rings (SSSR count). The monoisotopic (exact) mass is 299 g/mol. The van der Waals surface area contributed by atoms with E-state index in [2.05, 4.69) is 10.0 Å². The van der Waals surface area contributed by atoms with Gasteiger partial charge in [-0.15, -0.1) is 0 Å². The summed E-state index contributed by atoms with van der Waals surface area (Å²) in [6.45, 7) is 5.07. The number of sulfonamides is 1. The highest BCUT2D eigenvalue weighted by atomic mass is 32.2. The highest BCUT2D eigenvalue weighted by Crippen LogP contribution is 2.20. The second kappa shape index (κ2) is 8.24. The molecule has 0 aliphatic heterocycles. The van der Waals surface area contributed by atoms with Crippen LogP contribution in [-0.2, 0) is 10.0 Å². The Balaban J connectivity index is 2.78. The van der Waals surface area contributed by atoms with Gasteiger partial charge in [0.15, 0.2) is 0 Å². The molecule has 0 spiro atoms. The lowest BCUT2D eigenvalue weighted by atomic mass is 10.2. The molecule has 0 amide bonds. The van der Waals surface area contributed by atoms with Gasteiger partial charge in [0.2, 0.25) is 10.0 Å². The standard InChI is InChI=1S/C14H25N3O2S/c1-3-10-17-20(18,19)14-8-6-5-7-13(14)16-11-9-12(15)4-2/h5-8,12,16-17H,3-4,9-11,15H2,1-2H3. The summed E-state index contributed by atoms with van der Waals surface area (Å²) in [5.74, 6) is 0. The fraction of sp³-hybridized carbons (Fsp3) is 0.571. The summed E-state index contributed by atoms with van der Waals surface area (Å²) in [5.41, 5.74) is 6.48. The Hall–Kier alpha value is -1.11. The van der Waals surface area contributed by atoms with E-state index in [1.54, 1.807) is 18.2 Å². The number of anilines is 1. The molecule has 1 aromatic carbocycles. The van der Waals surface area contributed by atoms with E-state index in [0.29, 0.717) is 23.7 Å². The SMILES string of the molecule is CCCNS(=O)(=O)c1ccccc1NCCC(N)CC. The molecule has 5 nitrogen and oxygen atoms in total. The summed E-state index contributed by atoms with van der Waals surface area (Å²) in [6.07, 6.45) is 2.49. The van der Waals surface area contributed by atoms with E-state index in [-0.39, 0.29) is 6.04 Å². The van der Waals surface area contributed by atoms with E-state index in [0.717, 1.165) is 19.3 Å². The van der Waals surface area contributed by atoms with Crippen LogP contribution in [0.1, 0.15) is 33.1 Å². The third-order valence-corrected chi connectivity index (χ3v) is 4.59. The van der Waals surface area contributed by atoms with Gasteiger partial charge in [0.05, 0.1) is 5.69 Å². The summed E-state index contributed by atoms with van der Waals surface area (Å²) in [6, 6.07) is 7.08. The smallest absolute Gasteiger partial charge is 0.242 e. The molecule has 0 fully saturated rings. The van der Waals surface area contributed by atoms with Crippen LogP contribution in [0.5, 0.6) is 0 Å². The third-order valence-electron chi connectivity index (χ3n) is 3.07. The Kier molecular flexibility index (Phi) is 6.98. The average Bonchev–Trinajstić information content (AvgIpc) is 2.45. The van der Waals surface area contributed by atoms with Crippen molar-refractivity contribution in [3.63, 3.8) is 0 Å². The highest BCUT2D eigenvalue weighted by Gasteiger charge is 2.17. The lowest BCUT2D eigenvalue weighted by molar-refractivity contribution is 0.581. The van der Waals surface area contributed by atoms with Gasteiger partial charge in [-0.3, -0.25) is 0 Å². The fourth-order valence-electron chi connectivity index (χ4n) is 1.76. The van der Waals surface area contributed by atoms with E-state index < -0.39 is 10.0 Å². The topological polar surface area (TPSA) is 84.2 Å². The highest BCUT2D eigenvalue weighted by molar-refractivity contribution is 7.89. The van der Waals surface area contributed by atoms with Gasteiger partial charge in [0, 0.05) is 19.1 Å². The van der Waals surface area contributed by atoms with Gasteiger partial charge in [0.25, 0.3) is 0 Å². The summed E-state index contributed by atoms with van der Waals surface area (Å²) in [5, 5.41) is 3.16. The first kappa shape index (κ1) is 16.9. The quantitative estimate of drug-likeness (QED) is 0.650. The molecule has 0 bridgehead atoms. The van der Waals surface area contributed by atoms with Crippen molar-refractivity contribution in [1.29, 1.82) is 0 Å². The molecular weight excluding hydrogens is 274 g/mol. The molecule has 0 aliphatic rings. The van der Waals surface area contributed by atoms with Crippen LogP contribution in [0.15, 0.2) is 29.2 Å². The van der Waals surface area contributed by atoms with Gasteiger partial charge in [-0.05, 0) is 31.4 Å². The van der Waals surface area contributed by atoms with Crippen molar-refractivity contribution in [3.05, 3.63) is 24.3 Å². The molecule has 1 atom stereocenters. The van der Waals surface area contributed by atoms with Crippen molar-refractivity contribution in [2.45, 2.75) is 44.0 Å². The lowest BCUT2D eigenvalue weighted by Gasteiger charge is -2.14. The van der Waals surface area contributed by atoms with Crippen LogP contribution in [0.2, 0.25) is 0 Å². The Labute approximate surface area is 122 Å². The van der Waals surface area contributed by atoms with E-state index in [9.17, 15) is 8.42 Å². The van der Waals surface area contributed by atoms with Crippen molar-refractivity contribution in [3.8, 4) is 0 Å². The first-order valence-corrected chi connectivity index (χ1v) is 8.57. The van der Waals surface area contributed by atoms with Crippen LogP contribution in [0.4, 0.5) is 5.69 Å². The first-order valence-electron chi connectivity index (χ1n) is 7.09. The number of hydrogen-bond acceptors (Lipinski definition) is 4. The van der Waals surface area contributed by atoms with E-state index >= 15 is 0 Å². The summed E-state index contributed by atoms with van der Waals surface area (Å²) < 4.78 is 27.0. The molecule has 0 saturated carbocycles. The van der Waals surface area contributed by atoms with Crippen LogP contribution in [0.25, 0.3) is 0 Å². The molecule has 0 aromatic heterocycles. The Morgan fingerprint density at radius 2 is 1.90 bits per heavy atom. The number of rotatable bonds is 9. The van der Waals surface area contributed by atoms with Crippen molar-refractivity contribution >= 4 is 15.7 Å². The Morgan fingerprint density at radius 3 is 2.55 bits per heavy atom. The molecule has 114 valence electrons. The molecule has 20 heavy (non-hydrogen) atoms. The molecule has 4 N–H and O–H groups in total. The lowest BCUT2D eigenvalue weighted by Crippen LogP contribution is -2.26. The van der Waals surface area contributed by atoms with Crippen molar-refractivity contribution in [2.75, 3.05) is 18.4 Å². The maximum atomic E-state index is 12.2. The van der Waals surface area contributed by atoms with Crippen molar-refractivity contribution in [2.24, 2.45) is 5.73 Å². The third kappa shape index (κ3) is 5.11. The number of nitrogens with two attached hydrogens (primary N) is 1. The van der Waals surface area contributed by atoms with Crippen LogP contribution < -0.4 is 15.8 Å². The maximum absolute atomic E-state index is 12.2. The normalized spacial score (nSPS) is 13.2. The molecular formula is C14H25N3O2S. The zero-order valence-electron chi connectivity index (χ0n) is 12.2. The van der Waals surface area contributed by atoms with Crippen LogP contribution in [0.3, 0.4) is 0 Å². The zero-order valence-corrected chi connectivity index (χ0v) is 13.0. The van der Waals surface area contributed by atoms with Crippen molar-refractivity contribution in [1.82, 2.24) is 4.72 Å². The van der Waals surface area contributed by atoms with Gasteiger partial charge < -0.3 is 11.1 Å². The second-order valence-corrected chi connectivity index (χ2v) is 6.51. The van der Waals surface area contributed by atoms with Crippen LogP contribution in [-0.4, -0.2) is 27.5 Å². The minimum absolute atomic E-state index is 0.143. The number of benzene rings is 1. The maximum Gasteiger partial charge on any atom is 0.242 e. The largest absolute Gasteiger partial charge is 0.384 e. The van der Waals surface area contributed by atoms with Gasteiger partial charge in [-0.2, -0.15) is 0 Å². The summed E-state index contributed by atoms with van der Waals surface area (Å²) >= 11 is 0. The van der Waals surface area contributed by atoms with E-state index in [4.69, 9.17) is 5.73 Å². The molecule has 1 unspecified atom stereocenters. The second-order valence-electron chi connectivity index (χ2n) is 4.78. The predicted octanol–water partition coefficient (Wildman–Crippen LogP) is 1.91. The number of hydrogen-bond donors (Lipinski definition) is 3. The molecule has 1 aromatic rings. The summed E-state index contributed by atoms with van der Waals surface area (Å²) in [7, 11) is -3.45. The predicted molar refractivity (Wildman–Crippen MR) is 83.3 cm³/mol. The van der Waals surface area contributed by atoms with Crippen molar-refractivity contribution < 1.29 is 8.42 Å².